The highest BCUT2D eigenvalue weighted by molar-refractivity contribution is 7.47. The minimum absolute atomic E-state index is 0.0277. The maximum atomic E-state index is 13.6. The summed E-state index contributed by atoms with van der Waals surface area (Å²) in [5, 5.41) is 3.04. The minimum atomic E-state index is -4.47. The van der Waals surface area contributed by atoms with Crippen molar-refractivity contribution in [2.45, 2.75) is 290 Å². The van der Waals surface area contributed by atoms with Gasteiger partial charge in [-0.3, -0.25) is 18.6 Å². The molecule has 0 aliphatic carbocycles. The van der Waals surface area contributed by atoms with Crippen LogP contribution in [0.15, 0.2) is 122 Å². The Hall–Kier alpha value is -3.59. The van der Waals surface area contributed by atoms with E-state index in [0.717, 1.165) is 122 Å². The zero-order valence-electron chi connectivity index (χ0n) is 54.4. The molecule has 0 aliphatic heterocycles. The second-order valence-electron chi connectivity index (χ2n) is 23.6. The van der Waals surface area contributed by atoms with Gasteiger partial charge in [-0.2, -0.15) is 0 Å². The SMILES string of the molecule is CC/C=C\C/C=C\C/C=C\C/C=C\C/C=C\CCCCCCCCCCCCCC(=O)OC(/C=C\CCCCCCCCCCC)C(COP(=O)(O)OCC[N+](C)(C)C)NC(=O)CCCCC/C=C\C/C=C\C/C=C\C/C=C\CCCCC. The molecule has 10 heteroatoms. The molecule has 1 amide bonds. The Morgan fingerprint density at radius 1 is 0.434 bits per heavy atom. The van der Waals surface area contributed by atoms with Crippen molar-refractivity contribution < 1.29 is 37.3 Å². The third kappa shape index (κ3) is 62.8. The van der Waals surface area contributed by atoms with Gasteiger partial charge in [0.15, 0.2) is 0 Å². The molecule has 0 bridgehead atoms. The van der Waals surface area contributed by atoms with Crippen LogP contribution < -0.4 is 5.32 Å². The Morgan fingerprint density at radius 3 is 1.19 bits per heavy atom. The normalized spacial score (nSPS) is 14.3. The van der Waals surface area contributed by atoms with Crippen LogP contribution >= 0.6 is 7.82 Å². The fraction of sp³-hybridized carbons (Fsp3) is 0.699. The summed E-state index contributed by atoms with van der Waals surface area (Å²) in [6.45, 7) is 6.84. The van der Waals surface area contributed by atoms with Gasteiger partial charge in [0.1, 0.15) is 19.3 Å². The van der Waals surface area contributed by atoms with Gasteiger partial charge in [-0.1, -0.05) is 265 Å². The van der Waals surface area contributed by atoms with E-state index in [1.807, 2.05) is 33.3 Å². The monoisotopic (exact) mass is 1180 g/mol. The Balaban J connectivity index is 5.12. The highest BCUT2D eigenvalue weighted by atomic mass is 31.2. The van der Waals surface area contributed by atoms with E-state index >= 15 is 0 Å². The summed E-state index contributed by atoms with van der Waals surface area (Å²) in [6.07, 6.45) is 86.4. The van der Waals surface area contributed by atoms with Crippen LogP contribution in [-0.4, -0.2) is 74.3 Å². The first-order valence-corrected chi connectivity index (χ1v) is 35.4. The lowest BCUT2D eigenvalue weighted by atomic mass is 10.0. The van der Waals surface area contributed by atoms with Gasteiger partial charge in [0.2, 0.25) is 5.91 Å². The number of nitrogens with one attached hydrogen (secondary N) is 1. The Kier molecular flexibility index (Phi) is 58.8. The number of nitrogens with zero attached hydrogens (tertiary/aromatic N) is 1. The van der Waals surface area contributed by atoms with Crippen LogP contribution in [0.1, 0.15) is 278 Å². The van der Waals surface area contributed by atoms with E-state index in [0.29, 0.717) is 17.4 Å². The topological polar surface area (TPSA) is 111 Å². The minimum Gasteiger partial charge on any atom is -0.456 e. The van der Waals surface area contributed by atoms with Crippen LogP contribution in [0.3, 0.4) is 0 Å². The number of hydrogen-bond acceptors (Lipinski definition) is 6. The van der Waals surface area contributed by atoms with E-state index in [1.54, 1.807) is 0 Å². The van der Waals surface area contributed by atoms with Crippen molar-refractivity contribution in [3.05, 3.63) is 122 Å². The number of carbonyl (C=O) groups is 2. The molecule has 0 aromatic heterocycles. The summed E-state index contributed by atoms with van der Waals surface area (Å²) in [4.78, 5) is 37.8. The second kappa shape index (κ2) is 61.5. The van der Waals surface area contributed by atoms with E-state index in [4.69, 9.17) is 13.8 Å². The first-order valence-electron chi connectivity index (χ1n) is 33.9. The molecule has 9 nitrogen and oxygen atoms in total. The molecule has 0 aromatic carbocycles. The third-order valence-corrected chi connectivity index (χ3v) is 15.4. The number of hydrogen-bond donors (Lipinski definition) is 2. The molecule has 3 atom stereocenters. The van der Waals surface area contributed by atoms with Crippen molar-refractivity contribution in [3.8, 4) is 0 Å². The number of allylic oxidation sites excluding steroid dienone is 19. The lowest BCUT2D eigenvalue weighted by molar-refractivity contribution is -0.870. The highest BCUT2D eigenvalue weighted by Crippen LogP contribution is 2.43. The van der Waals surface area contributed by atoms with Crippen LogP contribution in [-0.2, 0) is 27.9 Å². The summed E-state index contributed by atoms with van der Waals surface area (Å²) in [7, 11) is 1.46. The zero-order chi connectivity index (χ0) is 60.7. The lowest BCUT2D eigenvalue weighted by Crippen LogP contribution is -2.47. The summed E-state index contributed by atoms with van der Waals surface area (Å²) >= 11 is 0. The van der Waals surface area contributed by atoms with Gasteiger partial charge in [-0.25, -0.2) is 4.57 Å². The number of esters is 1. The van der Waals surface area contributed by atoms with E-state index in [-0.39, 0.29) is 37.9 Å². The first kappa shape index (κ1) is 79.4. The summed E-state index contributed by atoms with van der Waals surface area (Å²) in [6, 6.07) is -0.874. The van der Waals surface area contributed by atoms with E-state index < -0.39 is 20.0 Å². The molecule has 0 aromatic rings. The summed E-state index contributed by atoms with van der Waals surface area (Å²) in [5.74, 6) is -0.549. The molecule has 0 heterocycles. The third-order valence-electron chi connectivity index (χ3n) is 14.4. The van der Waals surface area contributed by atoms with Crippen molar-refractivity contribution in [3.63, 3.8) is 0 Å². The molecule has 2 N–H and O–H groups in total. The fourth-order valence-electron chi connectivity index (χ4n) is 9.19. The molecule has 0 spiro atoms. The van der Waals surface area contributed by atoms with Crippen LogP contribution in [0.2, 0.25) is 0 Å². The summed E-state index contributed by atoms with van der Waals surface area (Å²) in [5.41, 5.74) is 0. The van der Waals surface area contributed by atoms with Gasteiger partial charge in [0, 0.05) is 12.8 Å². The van der Waals surface area contributed by atoms with Crippen molar-refractivity contribution >= 4 is 19.7 Å². The molecule has 0 rings (SSSR count). The maximum Gasteiger partial charge on any atom is 0.472 e. The van der Waals surface area contributed by atoms with Crippen LogP contribution in [0.5, 0.6) is 0 Å². The molecule has 0 fully saturated rings. The Bertz CT molecular complexity index is 1830. The van der Waals surface area contributed by atoms with Crippen molar-refractivity contribution in [2.75, 3.05) is 40.9 Å². The van der Waals surface area contributed by atoms with Gasteiger partial charge >= 0.3 is 13.8 Å². The smallest absolute Gasteiger partial charge is 0.456 e. The Morgan fingerprint density at radius 2 is 0.771 bits per heavy atom. The van der Waals surface area contributed by atoms with Crippen molar-refractivity contribution in [1.29, 1.82) is 0 Å². The molecular formula is C73H128N2O7P+. The van der Waals surface area contributed by atoms with Gasteiger partial charge in [0.05, 0.1) is 33.8 Å². The molecule has 0 saturated heterocycles. The van der Waals surface area contributed by atoms with Crippen LogP contribution in [0.25, 0.3) is 0 Å². The van der Waals surface area contributed by atoms with Gasteiger partial charge < -0.3 is 19.4 Å². The maximum absolute atomic E-state index is 13.6. The predicted octanol–water partition coefficient (Wildman–Crippen LogP) is 21.4. The van der Waals surface area contributed by atoms with E-state index in [1.165, 1.54) is 116 Å². The van der Waals surface area contributed by atoms with Crippen LogP contribution in [0, 0.1) is 0 Å². The second-order valence-corrected chi connectivity index (χ2v) is 25.1. The van der Waals surface area contributed by atoms with Gasteiger partial charge in [0.25, 0.3) is 0 Å². The molecule has 476 valence electrons. The largest absolute Gasteiger partial charge is 0.472 e. The molecule has 0 saturated carbocycles. The standard InChI is InChI=1S/C73H127N2O7P/c1-7-10-13-16-19-22-25-27-29-31-33-34-35-36-37-38-39-40-42-44-46-48-51-54-57-60-63-66-73(77)82-71(64-61-58-55-52-49-24-21-18-15-12-9-3)70(69-81-83(78,79)80-68-67-75(4,5)6)74-72(76)65-62-59-56-53-50-47-45-43-41-32-30-28-26-23-20-17-14-11-8-2/h10,13,19-20,22-23,27-30,33-34,36-37,41,43,47,50,61,64,70-71H,7-9,11-12,14-18,21,24-26,31-32,35,38-40,42,44-46,48-49,51-60,62-63,65-69H2,1-6H3,(H-,74,76,78,79)/p+1/b13-10-,22-19-,23-20-,29-27-,30-28-,34-33-,37-36-,43-41-,50-47-,64-61-. The van der Waals surface area contributed by atoms with E-state index in [9.17, 15) is 19.0 Å². The number of unbranched alkanes of at least 4 members (excludes halogenated alkanes) is 26. The van der Waals surface area contributed by atoms with Gasteiger partial charge in [-0.15, -0.1) is 0 Å². The highest BCUT2D eigenvalue weighted by Gasteiger charge is 2.30. The molecule has 83 heavy (non-hydrogen) atoms. The van der Waals surface area contributed by atoms with Crippen molar-refractivity contribution in [1.82, 2.24) is 5.32 Å². The molecule has 3 unspecified atom stereocenters. The lowest BCUT2D eigenvalue weighted by Gasteiger charge is -2.27. The average Bonchev–Trinajstić information content (AvgIpc) is 3.51. The van der Waals surface area contributed by atoms with E-state index in [2.05, 4.69) is 135 Å². The number of carbonyl (C=O) groups excluding carboxylic acids is 2. The van der Waals surface area contributed by atoms with Crippen molar-refractivity contribution in [2.24, 2.45) is 0 Å². The first-order chi connectivity index (χ1) is 40.4. The molecule has 0 aliphatic rings. The average molecular weight is 1180 g/mol. The molecule has 0 radical (unpaired) electrons. The summed E-state index contributed by atoms with van der Waals surface area (Å²) < 4.78 is 30.7. The number of amides is 1. The zero-order valence-corrected chi connectivity index (χ0v) is 55.3. The predicted molar refractivity (Wildman–Crippen MR) is 360 cm³/mol. The van der Waals surface area contributed by atoms with Crippen LogP contribution in [0.4, 0.5) is 0 Å². The number of phosphoric ester groups is 1. The fourth-order valence-corrected chi connectivity index (χ4v) is 9.92. The number of rotatable bonds is 60. The number of quaternary nitrogens is 1. The Labute approximate surface area is 512 Å². The molecular weight excluding hydrogens is 1050 g/mol. The number of ether oxygens (including phenoxy) is 1. The number of phosphoric acid groups is 1. The quantitative estimate of drug-likeness (QED) is 0.0205. The number of likely N-dealkylation sites (N-methyl/N-ethyl adjacent to an activating group) is 1. The van der Waals surface area contributed by atoms with Gasteiger partial charge in [-0.05, 0) is 122 Å².